The minimum absolute atomic E-state index is 1.15. The number of aryl methyl sites for hydroxylation is 1. The first kappa shape index (κ1) is 8.30. The first-order valence-electron chi connectivity index (χ1n) is 4.82. The lowest BCUT2D eigenvalue weighted by atomic mass is 10.1. The highest BCUT2D eigenvalue weighted by molar-refractivity contribution is 5.81. The van der Waals surface area contributed by atoms with Crippen molar-refractivity contribution in [2.75, 3.05) is 0 Å². The second-order valence-electron chi connectivity index (χ2n) is 3.34. The first-order valence-corrected chi connectivity index (χ1v) is 4.82. The van der Waals surface area contributed by atoms with Gasteiger partial charge < -0.3 is 4.98 Å². The van der Waals surface area contributed by atoms with Crippen LogP contribution in [0.2, 0.25) is 0 Å². The Bertz CT molecular complexity index is 390. The van der Waals surface area contributed by atoms with E-state index in [-0.39, 0.29) is 0 Å². The van der Waals surface area contributed by atoms with Gasteiger partial charge in [-0.25, -0.2) is 0 Å². The van der Waals surface area contributed by atoms with E-state index in [9.17, 15) is 0 Å². The number of nitrogens with zero attached hydrogens (tertiary/aromatic N) is 1. The molecule has 0 spiro atoms. The summed E-state index contributed by atoms with van der Waals surface area (Å²) < 4.78 is 0. The number of fused-ring (bicyclic) bond motifs is 1. The SMILES string of the molecule is CCCCc1c[nH]c2ccncc12. The predicted molar refractivity (Wildman–Crippen MR) is 54.7 cm³/mol. The fraction of sp³-hybridized carbons (Fsp3) is 0.364. The molecule has 0 aliphatic heterocycles. The Morgan fingerprint density at radius 3 is 3.23 bits per heavy atom. The van der Waals surface area contributed by atoms with Crippen LogP contribution in [0.5, 0.6) is 0 Å². The zero-order valence-corrected chi connectivity index (χ0v) is 7.88. The molecule has 0 amide bonds. The van der Waals surface area contributed by atoms with Crippen molar-refractivity contribution in [2.24, 2.45) is 0 Å². The smallest absolute Gasteiger partial charge is 0.0487 e. The Balaban J connectivity index is 2.35. The van der Waals surface area contributed by atoms with Gasteiger partial charge in [0.15, 0.2) is 0 Å². The quantitative estimate of drug-likeness (QED) is 0.761. The summed E-state index contributed by atoms with van der Waals surface area (Å²) in [6, 6.07) is 2.02. The van der Waals surface area contributed by atoms with Gasteiger partial charge in [-0.3, -0.25) is 4.98 Å². The predicted octanol–water partition coefficient (Wildman–Crippen LogP) is 2.91. The second-order valence-corrected chi connectivity index (χ2v) is 3.34. The highest BCUT2D eigenvalue weighted by Gasteiger charge is 2.01. The third-order valence-corrected chi connectivity index (χ3v) is 2.37. The van der Waals surface area contributed by atoms with E-state index in [1.54, 1.807) is 0 Å². The Morgan fingerprint density at radius 1 is 1.46 bits per heavy atom. The molecule has 0 aliphatic carbocycles. The van der Waals surface area contributed by atoms with Crippen LogP contribution < -0.4 is 0 Å². The van der Waals surface area contributed by atoms with E-state index in [0.29, 0.717) is 0 Å². The van der Waals surface area contributed by atoms with E-state index in [4.69, 9.17) is 0 Å². The molecule has 1 N–H and O–H groups in total. The number of nitrogens with one attached hydrogen (secondary N) is 1. The van der Waals surface area contributed by atoms with Gasteiger partial charge in [0.25, 0.3) is 0 Å². The molecule has 2 nitrogen and oxygen atoms in total. The van der Waals surface area contributed by atoms with E-state index in [2.05, 4.69) is 23.1 Å². The maximum atomic E-state index is 4.13. The molecule has 2 aromatic rings. The first-order chi connectivity index (χ1) is 6.42. The molecule has 2 aromatic heterocycles. The maximum absolute atomic E-state index is 4.13. The van der Waals surface area contributed by atoms with Gasteiger partial charge in [0.1, 0.15) is 0 Å². The molecule has 0 bridgehead atoms. The molecule has 0 aliphatic rings. The topological polar surface area (TPSA) is 28.7 Å². The number of aromatic amines is 1. The van der Waals surface area contributed by atoms with E-state index in [0.717, 1.165) is 6.42 Å². The highest BCUT2D eigenvalue weighted by atomic mass is 14.7. The summed E-state index contributed by atoms with van der Waals surface area (Å²) in [5, 5.41) is 1.27. The molecule has 0 saturated carbocycles. The molecular weight excluding hydrogens is 160 g/mol. The lowest BCUT2D eigenvalue weighted by Crippen LogP contribution is -1.81. The fourth-order valence-electron chi connectivity index (χ4n) is 1.59. The number of H-pyrrole nitrogens is 1. The molecule has 2 heteroatoms. The van der Waals surface area contributed by atoms with Gasteiger partial charge in [0.05, 0.1) is 0 Å². The van der Waals surface area contributed by atoms with Crippen molar-refractivity contribution in [3.8, 4) is 0 Å². The van der Waals surface area contributed by atoms with Crippen molar-refractivity contribution in [1.82, 2.24) is 9.97 Å². The van der Waals surface area contributed by atoms with Gasteiger partial charge in [-0.15, -0.1) is 0 Å². The Labute approximate surface area is 78.0 Å². The van der Waals surface area contributed by atoms with Gasteiger partial charge in [-0.2, -0.15) is 0 Å². The molecular formula is C11H14N2. The molecule has 0 fully saturated rings. The fourth-order valence-corrected chi connectivity index (χ4v) is 1.59. The van der Waals surface area contributed by atoms with Crippen molar-refractivity contribution in [2.45, 2.75) is 26.2 Å². The monoisotopic (exact) mass is 174 g/mol. The van der Waals surface area contributed by atoms with Crippen LogP contribution in [0.3, 0.4) is 0 Å². The standard InChI is InChI=1S/C11H14N2/c1-2-3-4-9-7-13-11-5-6-12-8-10(9)11/h5-8,13H,2-4H2,1H3. The average molecular weight is 174 g/mol. The molecule has 68 valence electrons. The number of hydrogen-bond acceptors (Lipinski definition) is 1. The molecule has 2 rings (SSSR count). The molecule has 0 saturated heterocycles. The van der Waals surface area contributed by atoms with Crippen LogP contribution >= 0.6 is 0 Å². The normalized spacial score (nSPS) is 10.8. The molecule has 0 atom stereocenters. The largest absolute Gasteiger partial charge is 0.361 e. The average Bonchev–Trinajstić information content (AvgIpc) is 2.58. The number of hydrogen-bond donors (Lipinski definition) is 1. The second kappa shape index (κ2) is 3.60. The van der Waals surface area contributed by atoms with Crippen molar-refractivity contribution in [3.05, 3.63) is 30.2 Å². The lowest BCUT2D eigenvalue weighted by molar-refractivity contribution is 0.798. The summed E-state index contributed by atoms with van der Waals surface area (Å²) in [7, 11) is 0. The Kier molecular flexibility index (Phi) is 2.30. The van der Waals surface area contributed by atoms with E-state index in [1.165, 1.54) is 29.3 Å². The minimum Gasteiger partial charge on any atom is -0.361 e. The zero-order chi connectivity index (χ0) is 9.10. The van der Waals surface area contributed by atoms with Crippen LogP contribution in [-0.2, 0) is 6.42 Å². The Morgan fingerprint density at radius 2 is 2.38 bits per heavy atom. The van der Waals surface area contributed by atoms with Crippen molar-refractivity contribution < 1.29 is 0 Å². The summed E-state index contributed by atoms with van der Waals surface area (Å²) >= 11 is 0. The molecule has 0 unspecified atom stereocenters. The van der Waals surface area contributed by atoms with Gasteiger partial charge >= 0.3 is 0 Å². The van der Waals surface area contributed by atoms with Crippen LogP contribution in [0, 0.1) is 0 Å². The van der Waals surface area contributed by atoms with Crippen LogP contribution in [-0.4, -0.2) is 9.97 Å². The Hall–Kier alpha value is -1.31. The lowest BCUT2D eigenvalue weighted by Gasteiger charge is -1.95. The molecule has 0 aromatic carbocycles. The van der Waals surface area contributed by atoms with Crippen molar-refractivity contribution in [3.63, 3.8) is 0 Å². The molecule has 2 heterocycles. The van der Waals surface area contributed by atoms with E-state index < -0.39 is 0 Å². The van der Waals surface area contributed by atoms with E-state index in [1.807, 2.05) is 18.5 Å². The summed E-state index contributed by atoms with van der Waals surface area (Å²) in [4.78, 5) is 7.39. The van der Waals surface area contributed by atoms with Crippen LogP contribution in [0.15, 0.2) is 24.7 Å². The maximum Gasteiger partial charge on any atom is 0.0487 e. The molecule has 0 radical (unpaired) electrons. The molecule has 13 heavy (non-hydrogen) atoms. The number of unbranched alkanes of at least 4 members (excludes halogenated alkanes) is 1. The van der Waals surface area contributed by atoms with Gasteiger partial charge in [-0.1, -0.05) is 13.3 Å². The third-order valence-electron chi connectivity index (χ3n) is 2.37. The number of aromatic nitrogens is 2. The summed E-state index contributed by atoms with van der Waals surface area (Å²) in [5.41, 5.74) is 2.59. The summed E-state index contributed by atoms with van der Waals surface area (Å²) in [6.45, 7) is 2.22. The zero-order valence-electron chi connectivity index (χ0n) is 7.88. The van der Waals surface area contributed by atoms with Gasteiger partial charge in [-0.05, 0) is 24.5 Å². The van der Waals surface area contributed by atoms with Crippen LogP contribution in [0.1, 0.15) is 25.3 Å². The summed E-state index contributed by atoms with van der Waals surface area (Å²) in [6.07, 6.45) is 9.51. The van der Waals surface area contributed by atoms with E-state index >= 15 is 0 Å². The number of rotatable bonds is 3. The number of pyridine rings is 1. The van der Waals surface area contributed by atoms with Gasteiger partial charge in [0.2, 0.25) is 0 Å². The highest BCUT2D eigenvalue weighted by Crippen LogP contribution is 2.18. The van der Waals surface area contributed by atoms with Crippen LogP contribution in [0.4, 0.5) is 0 Å². The van der Waals surface area contributed by atoms with Crippen molar-refractivity contribution >= 4 is 10.9 Å². The third kappa shape index (κ3) is 1.57. The summed E-state index contributed by atoms with van der Waals surface area (Å²) in [5.74, 6) is 0. The minimum atomic E-state index is 1.15. The van der Waals surface area contributed by atoms with Crippen LogP contribution in [0.25, 0.3) is 10.9 Å². The van der Waals surface area contributed by atoms with Gasteiger partial charge in [0, 0.05) is 29.5 Å². The van der Waals surface area contributed by atoms with Crippen molar-refractivity contribution in [1.29, 1.82) is 0 Å².